The number of carbonyl (C=O) groups excluding carboxylic acids is 1. The van der Waals surface area contributed by atoms with Crippen LogP contribution in [0.2, 0.25) is 5.15 Å². The van der Waals surface area contributed by atoms with E-state index in [9.17, 15) is 4.79 Å². The molecule has 0 radical (unpaired) electrons. The number of carbonyl (C=O) groups is 1. The van der Waals surface area contributed by atoms with Crippen LogP contribution in [0.4, 0.5) is 0 Å². The Morgan fingerprint density at radius 3 is 2.25 bits per heavy atom. The summed E-state index contributed by atoms with van der Waals surface area (Å²) in [4.78, 5) is 15.9. The molecule has 2 rings (SSSR count). The number of benzene rings is 1. The second kappa shape index (κ2) is 12.6. The highest BCUT2D eigenvalue weighted by molar-refractivity contribution is 6.29. The monoisotopic (exact) mass is 355 g/mol. The van der Waals surface area contributed by atoms with Gasteiger partial charge >= 0.3 is 5.97 Å². The SMILES string of the molecule is CC.CCOC.CCOC(=O)c1cc(OC)c2nc(Cl)ccc2c1. The molecule has 0 unspecified atom stereocenters. The Balaban J connectivity index is 0.000000773. The molecule has 0 saturated carbocycles. The molecule has 1 aromatic carbocycles. The average Bonchev–Trinajstić information content (AvgIpc) is 2.62. The van der Waals surface area contributed by atoms with E-state index in [-0.39, 0.29) is 5.97 Å². The molecular weight excluding hydrogens is 330 g/mol. The molecule has 134 valence electrons. The zero-order chi connectivity index (χ0) is 18.5. The molecule has 0 atom stereocenters. The topological polar surface area (TPSA) is 57.7 Å². The van der Waals surface area contributed by atoms with E-state index in [1.807, 2.05) is 20.8 Å². The Bertz CT molecular complexity index is 630. The summed E-state index contributed by atoms with van der Waals surface area (Å²) in [5.41, 5.74) is 1.06. The summed E-state index contributed by atoms with van der Waals surface area (Å²) < 4.78 is 14.7. The minimum Gasteiger partial charge on any atom is -0.494 e. The lowest BCUT2D eigenvalue weighted by atomic mass is 10.1. The lowest BCUT2D eigenvalue weighted by Gasteiger charge is -2.08. The molecule has 0 fully saturated rings. The van der Waals surface area contributed by atoms with E-state index in [2.05, 4.69) is 9.72 Å². The summed E-state index contributed by atoms with van der Waals surface area (Å²) in [6.45, 7) is 8.87. The summed E-state index contributed by atoms with van der Waals surface area (Å²) in [6.07, 6.45) is 0. The smallest absolute Gasteiger partial charge is 0.338 e. The van der Waals surface area contributed by atoms with E-state index in [1.165, 1.54) is 7.11 Å². The second-order valence-electron chi connectivity index (χ2n) is 4.18. The molecule has 0 aliphatic heterocycles. The highest BCUT2D eigenvalue weighted by atomic mass is 35.5. The van der Waals surface area contributed by atoms with Gasteiger partial charge in [-0.05, 0) is 38.1 Å². The maximum atomic E-state index is 11.7. The van der Waals surface area contributed by atoms with Crippen LogP contribution >= 0.6 is 11.6 Å². The van der Waals surface area contributed by atoms with E-state index in [4.69, 9.17) is 21.1 Å². The van der Waals surface area contributed by atoms with Crippen LogP contribution in [0.5, 0.6) is 5.75 Å². The van der Waals surface area contributed by atoms with Crippen LogP contribution in [0.3, 0.4) is 0 Å². The highest BCUT2D eigenvalue weighted by Gasteiger charge is 2.12. The fraction of sp³-hybridized carbons (Fsp3) is 0.444. The molecule has 2 aromatic rings. The van der Waals surface area contributed by atoms with Crippen molar-refractivity contribution in [3.8, 4) is 5.75 Å². The van der Waals surface area contributed by atoms with Crippen molar-refractivity contribution in [2.45, 2.75) is 27.7 Å². The standard InChI is InChI=1S/C13H12ClNO3.C3H8O.C2H6/c1-3-18-13(16)9-6-8-4-5-11(14)15-12(8)10(7-9)17-2;1-3-4-2;1-2/h4-7H,3H2,1-2H3;3H2,1-2H3;1-2H3. The van der Waals surface area contributed by atoms with Gasteiger partial charge in [0.25, 0.3) is 0 Å². The number of ether oxygens (including phenoxy) is 3. The predicted octanol–water partition coefficient (Wildman–Crippen LogP) is 4.75. The van der Waals surface area contributed by atoms with Gasteiger partial charge in [-0.15, -0.1) is 0 Å². The minimum absolute atomic E-state index is 0.331. The third kappa shape index (κ3) is 6.72. The zero-order valence-electron chi connectivity index (χ0n) is 15.2. The first-order valence-corrected chi connectivity index (χ1v) is 8.25. The lowest BCUT2D eigenvalue weighted by Crippen LogP contribution is -2.05. The van der Waals surface area contributed by atoms with Crippen molar-refractivity contribution in [3.63, 3.8) is 0 Å². The summed E-state index contributed by atoms with van der Waals surface area (Å²) in [5, 5.41) is 1.16. The number of pyridine rings is 1. The number of nitrogens with zero attached hydrogens (tertiary/aromatic N) is 1. The molecule has 0 aliphatic carbocycles. The van der Waals surface area contributed by atoms with Gasteiger partial charge in [-0.1, -0.05) is 25.4 Å². The van der Waals surface area contributed by atoms with Gasteiger partial charge in [0, 0.05) is 19.1 Å². The number of fused-ring (bicyclic) bond motifs is 1. The largest absolute Gasteiger partial charge is 0.494 e. The minimum atomic E-state index is -0.382. The molecule has 0 N–H and O–H groups in total. The van der Waals surface area contributed by atoms with Crippen molar-refractivity contribution in [1.29, 1.82) is 0 Å². The van der Waals surface area contributed by atoms with Crippen molar-refractivity contribution in [1.82, 2.24) is 4.98 Å². The van der Waals surface area contributed by atoms with Crippen molar-refractivity contribution >= 4 is 28.5 Å². The Hall–Kier alpha value is -1.85. The van der Waals surface area contributed by atoms with Gasteiger partial charge in [-0.3, -0.25) is 0 Å². The molecule has 0 amide bonds. The molecule has 6 heteroatoms. The van der Waals surface area contributed by atoms with Crippen LogP contribution in [-0.4, -0.2) is 38.4 Å². The molecule has 0 saturated heterocycles. The van der Waals surface area contributed by atoms with Crippen LogP contribution in [-0.2, 0) is 9.47 Å². The van der Waals surface area contributed by atoms with Crippen LogP contribution < -0.4 is 4.74 Å². The van der Waals surface area contributed by atoms with Crippen molar-refractivity contribution in [2.24, 2.45) is 0 Å². The normalized spacial score (nSPS) is 9.29. The number of methoxy groups -OCH3 is 2. The maximum Gasteiger partial charge on any atom is 0.338 e. The van der Waals surface area contributed by atoms with Gasteiger partial charge in [-0.25, -0.2) is 9.78 Å². The summed E-state index contributed by atoms with van der Waals surface area (Å²) in [6, 6.07) is 6.76. The van der Waals surface area contributed by atoms with Crippen molar-refractivity contribution in [2.75, 3.05) is 27.4 Å². The predicted molar refractivity (Wildman–Crippen MR) is 98.2 cm³/mol. The Kier molecular flexibility index (Phi) is 11.6. The summed E-state index contributed by atoms with van der Waals surface area (Å²) >= 11 is 5.84. The molecule has 24 heavy (non-hydrogen) atoms. The molecule has 1 heterocycles. The van der Waals surface area contributed by atoms with Crippen LogP contribution in [0.1, 0.15) is 38.1 Å². The fourth-order valence-corrected chi connectivity index (χ4v) is 1.81. The van der Waals surface area contributed by atoms with Crippen molar-refractivity contribution in [3.05, 3.63) is 35.0 Å². The number of esters is 1. The van der Waals surface area contributed by atoms with E-state index in [0.29, 0.717) is 28.6 Å². The van der Waals surface area contributed by atoms with E-state index >= 15 is 0 Å². The summed E-state index contributed by atoms with van der Waals surface area (Å²) in [5.74, 6) is 0.116. The number of aromatic nitrogens is 1. The summed E-state index contributed by atoms with van der Waals surface area (Å²) in [7, 11) is 3.20. The molecule has 1 aromatic heterocycles. The third-order valence-electron chi connectivity index (χ3n) is 2.74. The second-order valence-corrected chi connectivity index (χ2v) is 4.57. The Morgan fingerprint density at radius 2 is 1.75 bits per heavy atom. The van der Waals surface area contributed by atoms with Gasteiger partial charge in [-0.2, -0.15) is 0 Å². The highest BCUT2D eigenvalue weighted by Crippen LogP contribution is 2.27. The Labute approximate surface area is 148 Å². The van der Waals surface area contributed by atoms with Crippen LogP contribution in [0.25, 0.3) is 10.9 Å². The molecule has 0 bridgehead atoms. The molecular formula is C18H26ClNO4. The zero-order valence-corrected chi connectivity index (χ0v) is 15.9. The Morgan fingerprint density at radius 1 is 1.12 bits per heavy atom. The number of rotatable bonds is 4. The van der Waals surface area contributed by atoms with Gasteiger partial charge < -0.3 is 14.2 Å². The van der Waals surface area contributed by atoms with Crippen LogP contribution in [0, 0.1) is 0 Å². The van der Waals surface area contributed by atoms with Gasteiger partial charge in [0.2, 0.25) is 0 Å². The quantitative estimate of drug-likeness (QED) is 0.585. The van der Waals surface area contributed by atoms with Gasteiger partial charge in [0.1, 0.15) is 16.4 Å². The molecule has 0 spiro atoms. The lowest BCUT2D eigenvalue weighted by molar-refractivity contribution is 0.0526. The van der Waals surface area contributed by atoms with E-state index in [0.717, 1.165) is 12.0 Å². The van der Waals surface area contributed by atoms with Gasteiger partial charge in [0.15, 0.2) is 0 Å². The number of halogens is 1. The maximum absolute atomic E-state index is 11.7. The first kappa shape index (κ1) is 22.1. The molecule has 5 nitrogen and oxygen atoms in total. The molecule has 0 aliphatic rings. The van der Waals surface area contributed by atoms with Crippen LogP contribution in [0.15, 0.2) is 24.3 Å². The first-order chi connectivity index (χ1) is 11.6. The van der Waals surface area contributed by atoms with Crippen molar-refractivity contribution < 1.29 is 19.0 Å². The average molecular weight is 356 g/mol. The fourth-order valence-electron chi connectivity index (χ4n) is 1.67. The van der Waals surface area contributed by atoms with Gasteiger partial charge in [0.05, 0.1) is 19.3 Å². The first-order valence-electron chi connectivity index (χ1n) is 7.87. The third-order valence-corrected chi connectivity index (χ3v) is 2.95. The van der Waals surface area contributed by atoms with E-state index in [1.54, 1.807) is 38.3 Å². The number of hydrogen-bond acceptors (Lipinski definition) is 5. The number of hydrogen-bond donors (Lipinski definition) is 0. The van der Waals surface area contributed by atoms with E-state index < -0.39 is 0 Å².